The molecule has 0 bridgehead atoms. The maximum absolute atomic E-state index is 12.2. The van der Waals surface area contributed by atoms with E-state index in [-0.39, 0.29) is 5.91 Å². The van der Waals surface area contributed by atoms with Crippen molar-refractivity contribution < 1.29 is 9.53 Å². The minimum absolute atomic E-state index is 0.0927. The number of ether oxygens (including phenoxy) is 1. The van der Waals surface area contributed by atoms with Crippen LogP contribution in [0.5, 0.6) is 0 Å². The highest BCUT2D eigenvalue weighted by Crippen LogP contribution is 2.26. The van der Waals surface area contributed by atoms with Gasteiger partial charge >= 0.3 is 0 Å². The molecule has 2 aliphatic heterocycles. The van der Waals surface area contributed by atoms with Gasteiger partial charge in [0.25, 0.3) is 0 Å². The van der Waals surface area contributed by atoms with Crippen molar-refractivity contribution >= 4 is 17.3 Å². The molecule has 0 aromatic heterocycles. The molecular weight excluding hydrogens is 266 g/mol. The second-order valence-corrected chi connectivity index (χ2v) is 5.66. The Morgan fingerprint density at radius 1 is 1.33 bits per heavy atom. The summed E-state index contributed by atoms with van der Waals surface area (Å²) in [7, 11) is 0. The summed E-state index contributed by atoms with van der Waals surface area (Å²) in [6, 6.07) is 8.35. The van der Waals surface area contributed by atoms with E-state index in [1.165, 1.54) is 6.42 Å². The quantitative estimate of drug-likeness (QED) is 0.884. The van der Waals surface area contributed by atoms with Crippen LogP contribution in [0.3, 0.4) is 0 Å². The number of nitrogens with zero attached hydrogens (tertiary/aromatic N) is 1. The molecule has 3 rings (SSSR count). The van der Waals surface area contributed by atoms with Crippen molar-refractivity contribution in [3.63, 3.8) is 0 Å². The summed E-state index contributed by atoms with van der Waals surface area (Å²) in [6.45, 7) is 4.26. The molecule has 1 aromatic carbocycles. The molecule has 0 aliphatic carbocycles. The molecular formula is C16H23N3O2. The van der Waals surface area contributed by atoms with Crippen molar-refractivity contribution in [1.82, 2.24) is 5.32 Å². The molecule has 1 aromatic rings. The number of rotatable bonds is 4. The third kappa shape index (κ3) is 3.74. The van der Waals surface area contributed by atoms with Crippen molar-refractivity contribution in [2.45, 2.75) is 25.3 Å². The molecule has 5 nitrogen and oxygen atoms in total. The van der Waals surface area contributed by atoms with Crippen LogP contribution in [0.15, 0.2) is 24.3 Å². The van der Waals surface area contributed by atoms with E-state index in [0.717, 1.165) is 50.6 Å². The Morgan fingerprint density at radius 3 is 2.90 bits per heavy atom. The topological polar surface area (TPSA) is 53.6 Å². The third-order valence-electron chi connectivity index (χ3n) is 4.12. The number of nitrogens with one attached hydrogen (secondary N) is 2. The van der Waals surface area contributed by atoms with Crippen LogP contribution in [0.1, 0.15) is 19.3 Å². The van der Waals surface area contributed by atoms with Gasteiger partial charge in [0.1, 0.15) is 0 Å². The van der Waals surface area contributed by atoms with E-state index < -0.39 is 0 Å². The number of anilines is 2. The second kappa shape index (κ2) is 6.91. The van der Waals surface area contributed by atoms with Gasteiger partial charge in [0.15, 0.2) is 0 Å². The van der Waals surface area contributed by atoms with Crippen LogP contribution >= 0.6 is 0 Å². The lowest BCUT2D eigenvalue weighted by Crippen LogP contribution is -2.37. The average Bonchev–Trinajstić information content (AvgIpc) is 3.01. The van der Waals surface area contributed by atoms with Crippen LogP contribution in [0.25, 0.3) is 0 Å². The Kier molecular flexibility index (Phi) is 4.72. The van der Waals surface area contributed by atoms with Crippen LogP contribution in [0.4, 0.5) is 11.4 Å². The molecule has 1 amide bonds. The highest BCUT2D eigenvalue weighted by atomic mass is 16.5. The highest BCUT2D eigenvalue weighted by Gasteiger charge is 2.19. The smallest absolute Gasteiger partial charge is 0.225 e. The summed E-state index contributed by atoms with van der Waals surface area (Å²) in [5, 5.41) is 6.44. The summed E-state index contributed by atoms with van der Waals surface area (Å²) < 4.78 is 5.39. The molecule has 0 saturated carbocycles. The van der Waals surface area contributed by atoms with Crippen molar-refractivity contribution in [3.05, 3.63) is 24.3 Å². The van der Waals surface area contributed by atoms with Crippen molar-refractivity contribution in [2.24, 2.45) is 0 Å². The van der Waals surface area contributed by atoms with Crippen molar-refractivity contribution in [2.75, 3.05) is 43.1 Å². The van der Waals surface area contributed by atoms with Gasteiger partial charge in [-0.05, 0) is 31.5 Å². The number of amides is 1. The summed E-state index contributed by atoms with van der Waals surface area (Å²) in [4.78, 5) is 14.5. The SMILES string of the molecule is O=C(CC1CCCN1)Nc1ccccc1N1CCOCC1. The average molecular weight is 289 g/mol. The van der Waals surface area contributed by atoms with Crippen LogP contribution in [-0.2, 0) is 9.53 Å². The van der Waals surface area contributed by atoms with Gasteiger partial charge in [0.2, 0.25) is 5.91 Å². The van der Waals surface area contributed by atoms with Gasteiger partial charge in [-0.3, -0.25) is 4.79 Å². The molecule has 0 spiro atoms. The van der Waals surface area contributed by atoms with Crippen LogP contribution in [0.2, 0.25) is 0 Å². The van der Waals surface area contributed by atoms with Crippen molar-refractivity contribution in [1.29, 1.82) is 0 Å². The summed E-state index contributed by atoms with van der Waals surface area (Å²) in [5.74, 6) is 0.0927. The number of morpholine rings is 1. The Hall–Kier alpha value is -1.59. The van der Waals surface area contributed by atoms with E-state index in [9.17, 15) is 4.79 Å². The first-order valence-corrected chi connectivity index (χ1v) is 7.78. The van der Waals surface area contributed by atoms with E-state index in [4.69, 9.17) is 4.74 Å². The van der Waals surface area contributed by atoms with Gasteiger partial charge in [0.05, 0.1) is 24.6 Å². The highest BCUT2D eigenvalue weighted by molar-refractivity contribution is 5.94. The first-order valence-electron chi connectivity index (χ1n) is 7.78. The van der Waals surface area contributed by atoms with Gasteiger partial charge < -0.3 is 20.3 Å². The minimum atomic E-state index is 0.0927. The van der Waals surface area contributed by atoms with E-state index >= 15 is 0 Å². The van der Waals surface area contributed by atoms with E-state index in [0.29, 0.717) is 12.5 Å². The predicted octanol–water partition coefficient (Wildman–Crippen LogP) is 1.60. The first kappa shape index (κ1) is 14.4. The fraction of sp³-hybridized carbons (Fsp3) is 0.562. The van der Waals surface area contributed by atoms with Crippen LogP contribution in [0, 0.1) is 0 Å². The second-order valence-electron chi connectivity index (χ2n) is 5.66. The van der Waals surface area contributed by atoms with E-state index in [1.54, 1.807) is 0 Å². The molecule has 2 fully saturated rings. The Bertz CT molecular complexity index is 480. The van der Waals surface area contributed by atoms with Gasteiger partial charge in [-0.15, -0.1) is 0 Å². The normalized spacial score (nSPS) is 22.3. The molecule has 21 heavy (non-hydrogen) atoms. The fourth-order valence-corrected chi connectivity index (χ4v) is 3.02. The Labute approximate surface area is 125 Å². The summed E-state index contributed by atoms with van der Waals surface area (Å²) in [6.07, 6.45) is 2.82. The molecule has 2 aliphatic rings. The van der Waals surface area contributed by atoms with Gasteiger partial charge in [-0.1, -0.05) is 12.1 Å². The van der Waals surface area contributed by atoms with E-state index in [1.807, 2.05) is 18.2 Å². The predicted molar refractivity (Wildman–Crippen MR) is 83.7 cm³/mol. The Morgan fingerprint density at radius 2 is 2.14 bits per heavy atom. The zero-order valence-electron chi connectivity index (χ0n) is 12.3. The molecule has 2 N–H and O–H groups in total. The van der Waals surface area contributed by atoms with E-state index in [2.05, 4.69) is 21.6 Å². The minimum Gasteiger partial charge on any atom is -0.378 e. The standard InChI is InChI=1S/C16H23N3O2/c20-16(12-13-4-3-7-17-13)18-14-5-1-2-6-15(14)19-8-10-21-11-9-19/h1-2,5-6,13,17H,3-4,7-12H2,(H,18,20). The number of para-hydroxylation sites is 2. The molecule has 5 heteroatoms. The zero-order chi connectivity index (χ0) is 14.5. The maximum atomic E-state index is 12.2. The lowest BCUT2D eigenvalue weighted by molar-refractivity contribution is -0.116. The number of carbonyl (C=O) groups excluding carboxylic acids is 1. The molecule has 2 heterocycles. The molecule has 1 unspecified atom stereocenters. The lowest BCUT2D eigenvalue weighted by atomic mass is 10.1. The molecule has 2 saturated heterocycles. The van der Waals surface area contributed by atoms with Crippen molar-refractivity contribution in [3.8, 4) is 0 Å². The third-order valence-corrected chi connectivity index (χ3v) is 4.12. The number of hydrogen-bond acceptors (Lipinski definition) is 4. The number of carbonyl (C=O) groups is 1. The maximum Gasteiger partial charge on any atom is 0.225 e. The zero-order valence-corrected chi connectivity index (χ0v) is 12.3. The van der Waals surface area contributed by atoms with Gasteiger partial charge in [-0.25, -0.2) is 0 Å². The van der Waals surface area contributed by atoms with Gasteiger partial charge in [0, 0.05) is 25.6 Å². The molecule has 0 radical (unpaired) electrons. The van der Waals surface area contributed by atoms with Crippen LogP contribution < -0.4 is 15.5 Å². The number of benzene rings is 1. The Balaban J connectivity index is 1.65. The lowest BCUT2D eigenvalue weighted by Gasteiger charge is -2.30. The summed E-state index contributed by atoms with van der Waals surface area (Å²) in [5.41, 5.74) is 2.00. The van der Waals surface area contributed by atoms with Gasteiger partial charge in [-0.2, -0.15) is 0 Å². The monoisotopic (exact) mass is 289 g/mol. The summed E-state index contributed by atoms with van der Waals surface area (Å²) >= 11 is 0. The first-order chi connectivity index (χ1) is 10.3. The largest absolute Gasteiger partial charge is 0.378 e. The number of hydrogen-bond donors (Lipinski definition) is 2. The fourth-order valence-electron chi connectivity index (χ4n) is 3.02. The van der Waals surface area contributed by atoms with Crippen LogP contribution in [-0.4, -0.2) is 44.8 Å². The molecule has 114 valence electrons. The molecule has 1 atom stereocenters.